The predicted molar refractivity (Wildman–Crippen MR) is 71.5 cm³/mol. The molecule has 2 N–H and O–H groups in total. The van der Waals surface area contributed by atoms with Gasteiger partial charge in [-0.25, -0.2) is 0 Å². The molecule has 0 aliphatic rings. The van der Waals surface area contributed by atoms with Crippen molar-refractivity contribution in [1.29, 1.82) is 0 Å². The summed E-state index contributed by atoms with van der Waals surface area (Å²) in [5.74, 6) is 0.684. The molecule has 1 heteroatoms. The van der Waals surface area contributed by atoms with Crippen LogP contribution >= 0.6 is 0 Å². The van der Waals surface area contributed by atoms with Crippen molar-refractivity contribution in [3.63, 3.8) is 0 Å². The molecule has 0 bridgehead atoms. The Hall–Kier alpha value is -0.820. The van der Waals surface area contributed by atoms with Crippen LogP contribution < -0.4 is 5.73 Å². The predicted octanol–water partition coefficient (Wildman–Crippen LogP) is 4.22. The van der Waals surface area contributed by atoms with Gasteiger partial charge in [0.15, 0.2) is 0 Å². The van der Waals surface area contributed by atoms with Gasteiger partial charge in [-0.3, -0.25) is 0 Å². The zero-order valence-corrected chi connectivity index (χ0v) is 10.7. The molecule has 0 aromatic heterocycles. The van der Waals surface area contributed by atoms with Crippen molar-refractivity contribution in [3.05, 3.63) is 35.4 Å². The van der Waals surface area contributed by atoms with Gasteiger partial charge in [-0.05, 0) is 23.5 Å². The van der Waals surface area contributed by atoms with Crippen LogP contribution in [0.4, 0.5) is 0 Å². The molecule has 0 aliphatic carbocycles. The minimum absolute atomic E-state index is 0.644. The van der Waals surface area contributed by atoms with Gasteiger partial charge in [-0.2, -0.15) is 0 Å². The average molecular weight is 219 g/mol. The highest BCUT2D eigenvalue weighted by molar-refractivity contribution is 5.24. The Bertz CT molecular complexity index is 276. The molecule has 1 rings (SSSR count). The first-order valence-electron chi connectivity index (χ1n) is 6.56. The molecule has 1 aromatic rings. The van der Waals surface area contributed by atoms with E-state index in [-0.39, 0.29) is 0 Å². The van der Waals surface area contributed by atoms with E-state index in [1.54, 1.807) is 0 Å². The molecule has 1 atom stereocenters. The molecule has 16 heavy (non-hydrogen) atoms. The fourth-order valence-corrected chi connectivity index (χ4v) is 2.03. The molecule has 90 valence electrons. The van der Waals surface area contributed by atoms with E-state index in [2.05, 4.69) is 38.1 Å². The average Bonchev–Trinajstić information content (AvgIpc) is 2.34. The minimum atomic E-state index is 0.644. The van der Waals surface area contributed by atoms with Crippen molar-refractivity contribution in [1.82, 2.24) is 0 Å². The maximum absolute atomic E-state index is 5.59. The third kappa shape index (κ3) is 4.36. The largest absolute Gasteiger partial charge is 0.326 e. The summed E-state index contributed by atoms with van der Waals surface area (Å²) in [6.45, 7) is 5.23. The molecule has 0 aliphatic heterocycles. The fourth-order valence-electron chi connectivity index (χ4n) is 2.03. The highest BCUT2D eigenvalue weighted by atomic mass is 14.5. The van der Waals surface area contributed by atoms with Crippen LogP contribution in [-0.4, -0.2) is 0 Å². The van der Waals surface area contributed by atoms with E-state index >= 15 is 0 Å². The zero-order valence-electron chi connectivity index (χ0n) is 10.7. The van der Waals surface area contributed by atoms with Gasteiger partial charge in [0.05, 0.1) is 0 Å². The van der Waals surface area contributed by atoms with Gasteiger partial charge in [0.2, 0.25) is 0 Å². The third-order valence-electron chi connectivity index (χ3n) is 3.28. The first-order chi connectivity index (χ1) is 7.77. The molecule has 1 unspecified atom stereocenters. The molecule has 0 saturated carbocycles. The lowest BCUT2D eigenvalue weighted by Crippen LogP contribution is -1.98. The third-order valence-corrected chi connectivity index (χ3v) is 3.28. The number of hydrogen-bond acceptors (Lipinski definition) is 1. The number of unbranched alkanes of at least 4 members (excludes halogenated alkanes) is 3. The summed E-state index contributed by atoms with van der Waals surface area (Å²) >= 11 is 0. The smallest absolute Gasteiger partial charge is 0.0178 e. The van der Waals surface area contributed by atoms with Gasteiger partial charge in [-0.15, -0.1) is 0 Å². The molecule has 0 saturated heterocycles. The number of rotatable bonds is 7. The maximum Gasteiger partial charge on any atom is 0.0178 e. The van der Waals surface area contributed by atoms with Crippen LogP contribution in [0, 0.1) is 0 Å². The van der Waals surface area contributed by atoms with Crippen LogP contribution in [0.3, 0.4) is 0 Å². The molecule has 0 heterocycles. The van der Waals surface area contributed by atoms with Gasteiger partial charge in [0, 0.05) is 6.54 Å². The van der Waals surface area contributed by atoms with Crippen molar-refractivity contribution in [2.45, 2.75) is 58.4 Å². The molecule has 0 fully saturated rings. The molecule has 0 radical (unpaired) electrons. The van der Waals surface area contributed by atoms with Crippen LogP contribution in [0.25, 0.3) is 0 Å². The minimum Gasteiger partial charge on any atom is -0.326 e. The first kappa shape index (κ1) is 13.2. The van der Waals surface area contributed by atoms with Crippen molar-refractivity contribution in [3.8, 4) is 0 Å². The van der Waals surface area contributed by atoms with E-state index in [0.717, 1.165) is 0 Å². The molecule has 1 nitrogen and oxygen atoms in total. The van der Waals surface area contributed by atoms with E-state index in [9.17, 15) is 0 Å². The van der Waals surface area contributed by atoms with Gasteiger partial charge < -0.3 is 5.73 Å². The topological polar surface area (TPSA) is 26.0 Å². The van der Waals surface area contributed by atoms with Crippen molar-refractivity contribution < 1.29 is 0 Å². The van der Waals surface area contributed by atoms with E-state index in [0.29, 0.717) is 12.5 Å². The van der Waals surface area contributed by atoms with Crippen LogP contribution in [0.5, 0.6) is 0 Å². The molecule has 0 amide bonds. The van der Waals surface area contributed by atoms with E-state index in [1.165, 1.54) is 43.2 Å². The Kier molecular flexibility index (Phi) is 6.17. The summed E-state index contributed by atoms with van der Waals surface area (Å²) in [6.07, 6.45) is 6.73. The maximum atomic E-state index is 5.59. The second kappa shape index (κ2) is 7.45. The highest BCUT2D eigenvalue weighted by Crippen LogP contribution is 2.22. The summed E-state index contributed by atoms with van der Waals surface area (Å²) < 4.78 is 0. The van der Waals surface area contributed by atoms with Crippen LogP contribution in [0.1, 0.15) is 63.0 Å². The molecule has 0 spiro atoms. The Morgan fingerprint density at radius 3 is 2.31 bits per heavy atom. The number of nitrogens with two attached hydrogens (primary N) is 1. The normalized spacial score (nSPS) is 12.7. The molecular weight excluding hydrogens is 194 g/mol. The zero-order chi connectivity index (χ0) is 11.8. The lowest BCUT2D eigenvalue weighted by Gasteiger charge is -2.12. The van der Waals surface area contributed by atoms with E-state index in [4.69, 9.17) is 5.73 Å². The second-order valence-electron chi connectivity index (χ2n) is 4.70. The summed E-state index contributed by atoms with van der Waals surface area (Å²) in [6, 6.07) is 8.76. The standard InChI is InChI=1S/C15H25N/c1-3-4-5-6-7-13(2)15-10-8-14(12-16)9-11-15/h8-11,13H,3-7,12,16H2,1-2H3. The SMILES string of the molecule is CCCCCCC(C)c1ccc(CN)cc1. The Balaban J connectivity index is 2.37. The summed E-state index contributed by atoms with van der Waals surface area (Å²) in [5, 5.41) is 0. The summed E-state index contributed by atoms with van der Waals surface area (Å²) in [7, 11) is 0. The molecular formula is C15H25N. The van der Waals surface area contributed by atoms with Crippen molar-refractivity contribution in [2.75, 3.05) is 0 Å². The van der Waals surface area contributed by atoms with Crippen LogP contribution in [0.2, 0.25) is 0 Å². The van der Waals surface area contributed by atoms with Crippen molar-refractivity contribution in [2.24, 2.45) is 5.73 Å². The van der Waals surface area contributed by atoms with Gasteiger partial charge in [0.1, 0.15) is 0 Å². The van der Waals surface area contributed by atoms with Gasteiger partial charge in [0.25, 0.3) is 0 Å². The number of hydrogen-bond donors (Lipinski definition) is 1. The quantitative estimate of drug-likeness (QED) is 0.683. The fraction of sp³-hybridized carbons (Fsp3) is 0.600. The molecule has 1 aromatic carbocycles. The Morgan fingerprint density at radius 1 is 1.06 bits per heavy atom. The van der Waals surface area contributed by atoms with Gasteiger partial charge >= 0.3 is 0 Å². The first-order valence-corrected chi connectivity index (χ1v) is 6.56. The Morgan fingerprint density at radius 2 is 1.75 bits per heavy atom. The monoisotopic (exact) mass is 219 g/mol. The highest BCUT2D eigenvalue weighted by Gasteiger charge is 2.04. The van der Waals surface area contributed by atoms with Crippen LogP contribution in [-0.2, 0) is 6.54 Å². The van der Waals surface area contributed by atoms with Crippen molar-refractivity contribution >= 4 is 0 Å². The van der Waals surface area contributed by atoms with Gasteiger partial charge in [-0.1, -0.05) is 63.8 Å². The summed E-state index contributed by atoms with van der Waals surface area (Å²) in [5.41, 5.74) is 8.27. The Labute approximate surface area is 100 Å². The number of benzene rings is 1. The summed E-state index contributed by atoms with van der Waals surface area (Å²) in [4.78, 5) is 0. The lowest BCUT2D eigenvalue weighted by atomic mass is 9.94. The lowest BCUT2D eigenvalue weighted by molar-refractivity contribution is 0.580. The second-order valence-corrected chi connectivity index (χ2v) is 4.70. The van der Waals surface area contributed by atoms with Crippen LogP contribution in [0.15, 0.2) is 24.3 Å². The van der Waals surface area contributed by atoms with E-state index < -0.39 is 0 Å². The van der Waals surface area contributed by atoms with E-state index in [1.807, 2.05) is 0 Å².